The van der Waals surface area contributed by atoms with Gasteiger partial charge in [-0.15, -0.1) is 11.3 Å². The van der Waals surface area contributed by atoms with Crippen LogP contribution in [0.4, 0.5) is 10.7 Å². The van der Waals surface area contributed by atoms with E-state index in [1.807, 2.05) is 0 Å². The van der Waals surface area contributed by atoms with Crippen molar-refractivity contribution in [2.45, 2.75) is 52.4 Å². The molecule has 0 saturated carbocycles. The topological polar surface area (TPSA) is 48.8 Å². The summed E-state index contributed by atoms with van der Waals surface area (Å²) in [7, 11) is 0. The first-order valence-corrected chi connectivity index (χ1v) is 13.4. The molecule has 1 unspecified atom stereocenters. The molecule has 5 rings (SSSR count). The molecule has 34 heavy (non-hydrogen) atoms. The number of rotatable bonds is 8. The SMILES string of the molecule is CCCN(CCC)c1ccc([C@@H]2NC(=O)c3c(sc4c3CC[NH+](Cc3ccccc3)C4)N2)cc1. The number of anilines is 2. The normalized spacial score (nSPS) is 19.1. The molecule has 5 nitrogen and oxygen atoms in total. The van der Waals surface area contributed by atoms with Gasteiger partial charge in [-0.3, -0.25) is 4.79 Å². The molecule has 2 aromatic carbocycles. The third-order valence-corrected chi connectivity index (χ3v) is 8.05. The predicted octanol–water partition coefficient (Wildman–Crippen LogP) is 4.37. The third-order valence-electron chi connectivity index (χ3n) is 6.88. The van der Waals surface area contributed by atoms with Crippen molar-refractivity contribution in [3.63, 3.8) is 0 Å². The van der Waals surface area contributed by atoms with Gasteiger partial charge in [0.1, 0.15) is 24.3 Å². The van der Waals surface area contributed by atoms with Gasteiger partial charge in [0.2, 0.25) is 0 Å². The van der Waals surface area contributed by atoms with E-state index in [1.54, 1.807) is 16.2 Å². The Labute approximate surface area is 206 Å². The van der Waals surface area contributed by atoms with Gasteiger partial charge in [0.25, 0.3) is 5.91 Å². The second-order valence-electron chi connectivity index (χ2n) is 9.43. The molecule has 1 aromatic heterocycles. The Balaban J connectivity index is 1.31. The maximum absolute atomic E-state index is 13.2. The molecule has 3 N–H and O–H groups in total. The summed E-state index contributed by atoms with van der Waals surface area (Å²) in [5.41, 5.74) is 5.86. The molecule has 6 heteroatoms. The van der Waals surface area contributed by atoms with Crippen molar-refractivity contribution < 1.29 is 9.69 Å². The number of amides is 1. The maximum atomic E-state index is 13.2. The Hall–Kier alpha value is -2.83. The van der Waals surface area contributed by atoms with Crippen molar-refractivity contribution in [1.29, 1.82) is 0 Å². The second-order valence-corrected chi connectivity index (χ2v) is 10.5. The van der Waals surface area contributed by atoms with Crippen molar-refractivity contribution >= 4 is 27.9 Å². The second kappa shape index (κ2) is 10.2. The first kappa shape index (κ1) is 22.9. The Bertz CT molecular complexity index is 1120. The quantitative estimate of drug-likeness (QED) is 0.453. The summed E-state index contributed by atoms with van der Waals surface area (Å²) in [6.07, 6.45) is 3.05. The summed E-state index contributed by atoms with van der Waals surface area (Å²) in [5.74, 6) is 0.0606. The van der Waals surface area contributed by atoms with Crippen LogP contribution in [0.3, 0.4) is 0 Å². The summed E-state index contributed by atoms with van der Waals surface area (Å²) in [4.78, 5) is 18.5. The lowest BCUT2D eigenvalue weighted by Gasteiger charge is -2.28. The molecule has 2 aliphatic heterocycles. The molecule has 0 saturated heterocycles. The summed E-state index contributed by atoms with van der Waals surface area (Å²) < 4.78 is 0. The molecule has 0 aliphatic carbocycles. The average Bonchev–Trinajstić information content (AvgIpc) is 3.23. The van der Waals surface area contributed by atoms with E-state index < -0.39 is 0 Å². The summed E-state index contributed by atoms with van der Waals surface area (Å²) >= 11 is 1.77. The zero-order valence-corrected chi connectivity index (χ0v) is 21.0. The van der Waals surface area contributed by atoms with Gasteiger partial charge in [-0.2, -0.15) is 0 Å². The Morgan fingerprint density at radius 1 is 1.00 bits per heavy atom. The number of carbonyl (C=O) groups excluding carboxylic acids is 1. The molecule has 0 spiro atoms. The monoisotopic (exact) mass is 475 g/mol. The Morgan fingerprint density at radius 2 is 1.74 bits per heavy atom. The third kappa shape index (κ3) is 4.70. The number of carbonyl (C=O) groups is 1. The number of fused-ring (bicyclic) bond motifs is 3. The summed E-state index contributed by atoms with van der Waals surface area (Å²) in [5, 5.41) is 7.87. The summed E-state index contributed by atoms with van der Waals surface area (Å²) in [6.45, 7) is 9.66. The Morgan fingerprint density at radius 3 is 2.44 bits per heavy atom. The largest absolute Gasteiger partial charge is 0.372 e. The standard InChI is InChI=1S/C28H34N4OS/c1-3-15-32(16-4-2)22-12-10-21(11-13-22)26-29-27(33)25-23-14-17-31(18-20-8-6-5-7-9-20)19-24(23)34-28(25)30-26/h5-13,26,30H,3-4,14-19H2,1-2H3,(H,29,33)/p+1/t26-/m1/s1. The fourth-order valence-electron chi connectivity index (χ4n) is 5.24. The highest BCUT2D eigenvalue weighted by Gasteiger charge is 2.34. The van der Waals surface area contributed by atoms with Crippen LogP contribution in [0.25, 0.3) is 0 Å². The maximum Gasteiger partial charge on any atom is 0.256 e. The smallest absolute Gasteiger partial charge is 0.256 e. The van der Waals surface area contributed by atoms with Crippen LogP contribution in [-0.4, -0.2) is 25.5 Å². The van der Waals surface area contributed by atoms with Crippen LogP contribution in [0.2, 0.25) is 0 Å². The lowest BCUT2D eigenvalue weighted by atomic mass is 10.00. The van der Waals surface area contributed by atoms with Gasteiger partial charge in [0.05, 0.1) is 17.0 Å². The molecular formula is C28H35N4OS+. The molecule has 0 bridgehead atoms. The van der Waals surface area contributed by atoms with Gasteiger partial charge in [0.15, 0.2) is 0 Å². The van der Waals surface area contributed by atoms with Crippen molar-refractivity contribution in [3.8, 4) is 0 Å². The fraction of sp³-hybridized carbons (Fsp3) is 0.393. The number of hydrogen-bond donors (Lipinski definition) is 3. The fourth-order valence-corrected chi connectivity index (χ4v) is 6.58. The number of nitrogens with zero attached hydrogens (tertiary/aromatic N) is 1. The molecule has 3 heterocycles. The highest BCUT2D eigenvalue weighted by Crippen LogP contribution is 2.39. The van der Waals surface area contributed by atoms with Crippen molar-refractivity contribution in [1.82, 2.24) is 5.32 Å². The van der Waals surface area contributed by atoms with E-state index in [2.05, 4.69) is 84.0 Å². The van der Waals surface area contributed by atoms with Gasteiger partial charge in [0, 0.05) is 30.8 Å². The molecule has 3 aromatic rings. The van der Waals surface area contributed by atoms with Crippen LogP contribution in [0.15, 0.2) is 54.6 Å². The molecule has 178 valence electrons. The molecule has 2 aliphatic rings. The number of benzene rings is 2. The first-order chi connectivity index (χ1) is 16.7. The van der Waals surface area contributed by atoms with Crippen molar-refractivity contribution in [3.05, 3.63) is 81.7 Å². The highest BCUT2D eigenvalue weighted by molar-refractivity contribution is 7.16. The van der Waals surface area contributed by atoms with Crippen LogP contribution in [-0.2, 0) is 19.5 Å². The molecule has 0 radical (unpaired) electrons. The van der Waals surface area contributed by atoms with Gasteiger partial charge < -0.3 is 20.4 Å². The van der Waals surface area contributed by atoms with E-state index in [1.165, 1.54) is 21.7 Å². The minimum atomic E-state index is -0.187. The number of nitrogens with one attached hydrogen (secondary N) is 3. The van der Waals surface area contributed by atoms with Gasteiger partial charge >= 0.3 is 0 Å². The van der Waals surface area contributed by atoms with Crippen LogP contribution in [0, 0.1) is 0 Å². The zero-order chi connectivity index (χ0) is 23.5. The van der Waals surface area contributed by atoms with Crippen LogP contribution >= 0.6 is 11.3 Å². The van der Waals surface area contributed by atoms with E-state index in [4.69, 9.17) is 0 Å². The number of quaternary nitrogens is 1. The van der Waals surface area contributed by atoms with E-state index in [0.29, 0.717) is 0 Å². The van der Waals surface area contributed by atoms with E-state index in [-0.39, 0.29) is 12.1 Å². The number of thiophene rings is 1. The first-order valence-electron chi connectivity index (χ1n) is 12.6. The minimum Gasteiger partial charge on any atom is -0.372 e. The Kier molecular flexibility index (Phi) is 6.88. The van der Waals surface area contributed by atoms with Crippen LogP contribution < -0.4 is 20.4 Å². The highest BCUT2D eigenvalue weighted by atomic mass is 32.1. The van der Waals surface area contributed by atoms with Gasteiger partial charge in [-0.05, 0) is 36.1 Å². The summed E-state index contributed by atoms with van der Waals surface area (Å²) in [6, 6.07) is 19.4. The lowest BCUT2D eigenvalue weighted by Crippen LogP contribution is -3.10. The predicted molar refractivity (Wildman–Crippen MR) is 141 cm³/mol. The molecule has 2 atom stereocenters. The van der Waals surface area contributed by atoms with E-state index in [9.17, 15) is 4.79 Å². The zero-order valence-electron chi connectivity index (χ0n) is 20.2. The van der Waals surface area contributed by atoms with Crippen molar-refractivity contribution in [2.24, 2.45) is 0 Å². The van der Waals surface area contributed by atoms with Gasteiger partial charge in [-0.1, -0.05) is 56.3 Å². The van der Waals surface area contributed by atoms with Gasteiger partial charge in [-0.25, -0.2) is 0 Å². The minimum absolute atomic E-state index is 0.0606. The van der Waals surface area contributed by atoms with E-state index in [0.717, 1.165) is 68.1 Å². The van der Waals surface area contributed by atoms with Crippen molar-refractivity contribution in [2.75, 3.05) is 29.9 Å². The molecular weight excluding hydrogens is 440 g/mol. The average molecular weight is 476 g/mol. The van der Waals surface area contributed by atoms with E-state index >= 15 is 0 Å². The molecule has 0 fully saturated rings. The molecule has 1 amide bonds. The van der Waals surface area contributed by atoms with Crippen LogP contribution in [0.5, 0.6) is 0 Å². The van der Waals surface area contributed by atoms with Crippen LogP contribution in [0.1, 0.15) is 64.8 Å². The lowest BCUT2D eigenvalue weighted by molar-refractivity contribution is -0.929. The number of hydrogen-bond acceptors (Lipinski definition) is 4.